The standard InChI is InChI=1S/C18H21NO4S/c1-11-5-6-15-13(8-11)9-16(24-15)18(21)23-10-17(20)19-12(2)14-4-3-7-22-14/h3-4,7,9,11-12H,5-6,8,10H2,1-2H3,(H,19,20)/t11-,12+/m1/s1. The number of aryl methyl sites for hydroxylation is 1. The van der Waals surface area contributed by atoms with Gasteiger partial charge in [-0.3, -0.25) is 4.79 Å². The van der Waals surface area contributed by atoms with E-state index >= 15 is 0 Å². The third-order valence-corrected chi connectivity index (χ3v) is 5.43. The van der Waals surface area contributed by atoms with Gasteiger partial charge < -0.3 is 14.5 Å². The Hall–Kier alpha value is -2.08. The number of carbonyl (C=O) groups excluding carboxylic acids is 2. The smallest absolute Gasteiger partial charge is 0.348 e. The molecule has 0 saturated carbocycles. The summed E-state index contributed by atoms with van der Waals surface area (Å²) in [4.78, 5) is 25.9. The van der Waals surface area contributed by atoms with E-state index < -0.39 is 5.97 Å². The van der Waals surface area contributed by atoms with Gasteiger partial charge in [0.1, 0.15) is 10.6 Å². The van der Waals surface area contributed by atoms with Crippen LogP contribution in [0, 0.1) is 5.92 Å². The zero-order chi connectivity index (χ0) is 17.1. The third kappa shape index (κ3) is 3.87. The number of hydrogen-bond donors (Lipinski definition) is 1. The van der Waals surface area contributed by atoms with E-state index in [0.717, 1.165) is 19.3 Å². The van der Waals surface area contributed by atoms with Gasteiger partial charge in [-0.1, -0.05) is 6.92 Å². The second-order valence-electron chi connectivity index (χ2n) is 6.29. The summed E-state index contributed by atoms with van der Waals surface area (Å²) in [5.41, 5.74) is 1.25. The van der Waals surface area contributed by atoms with Crippen molar-refractivity contribution >= 4 is 23.2 Å². The summed E-state index contributed by atoms with van der Waals surface area (Å²) in [6, 6.07) is 5.20. The Morgan fingerprint density at radius 2 is 2.33 bits per heavy atom. The van der Waals surface area contributed by atoms with Crippen molar-refractivity contribution < 1.29 is 18.7 Å². The Morgan fingerprint density at radius 1 is 1.50 bits per heavy atom. The maximum atomic E-state index is 12.2. The van der Waals surface area contributed by atoms with Crippen molar-refractivity contribution in [3.63, 3.8) is 0 Å². The third-order valence-electron chi connectivity index (χ3n) is 4.21. The molecule has 2 atom stereocenters. The molecule has 1 aliphatic rings. The Labute approximate surface area is 145 Å². The Balaban J connectivity index is 1.51. The topological polar surface area (TPSA) is 68.5 Å². The highest BCUT2D eigenvalue weighted by molar-refractivity contribution is 7.14. The molecule has 1 N–H and O–H groups in total. The van der Waals surface area contributed by atoms with Crippen LogP contribution in [0.1, 0.15) is 52.2 Å². The first-order chi connectivity index (χ1) is 11.5. The van der Waals surface area contributed by atoms with E-state index in [9.17, 15) is 9.59 Å². The van der Waals surface area contributed by atoms with Gasteiger partial charge in [0.2, 0.25) is 0 Å². The zero-order valence-corrected chi connectivity index (χ0v) is 14.7. The summed E-state index contributed by atoms with van der Waals surface area (Å²) in [5, 5.41) is 2.74. The molecule has 2 aromatic rings. The molecule has 0 spiro atoms. The minimum absolute atomic E-state index is 0.262. The van der Waals surface area contributed by atoms with Crippen LogP contribution in [-0.4, -0.2) is 18.5 Å². The fourth-order valence-electron chi connectivity index (χ4n) is 2.90. The predicted octanol–water partition coefficient (Wildman–Crippen LogP) is 3.50. The number of hydrogen-bond acceptors (Lipinski definition) is 5. The summed E-state index contributed by atoms with van der Waals surface area (Å²) in [6.07, 6.45) is 4.75. The lowest BCUT2D eigenvalue weighted by atomic mass is 9.90. The summed E-state index contributed by atoms with van der Waals surface area (Å²) in [7, 11) is 0. The van der Waals surface area contributed by atoms with Crippen LogP contribution in [0.15, 0.2) is 28.9 Å². The minimum Gasteiger partial charge on any atom is -0.467 e. The van der Waals surface area contributed by atoms with E-state index in [1.54, 1.807) is 18.4 Å². The summed E-state index contributed by atoms with van der Waals surface area (Å²) < 4.78 is 10.4. The molecule has 0 unspecified atom stereocenters. The Morgan fingerprint density at radius 3 is 3.08 bits per heavy atom. The summed E-state index contributed by atoms with van der Waals surface area (Å²) in [6.45, 7) is 3.75. The molecule has 0 bridgehead atoms. The van der Waals surface area contributed by atoms with Crippen LogP contribution < -0.4 is 5.32 Å². The highest BCUT2D eigenvalue weighted by atomic mass is 32.1. The number of esters is 1. The average molecular weight is 347 g/mol. The van der Waals surface area contributed by atoms with Gasteiger partial charge in [0.25, 0.3) is 5.91 Å². The summed E-state index contributed by atoms with van der Waals surface area (Å²) >= 11 is 1.49. The molecule has 0 aromatic carbocycles. The number of amides is 1. The van der Waals surface area contributed by atoms with Crippen LogP contribution in [0.5, 0.6) is 0 Å². The number of thiophene rings is 1. The van der Waals surface area contributed by atoms with Gasteiger partial charge in [0.05, 0.1) is 12.3 Å². The Bertz CT molecular complexity index is 719. The van der Waals surface area contributed by atoms with Crippen LogP contribution in [0.2, 0.25) is 0 Å². The fraction of sp³-hybridized carbons (Fsp3) is 0.444. The molecule has 24 heavy (non-hydrogen) atoms. The van der Waals surface area contributed by atoms with Crippen LogP contribution in [-0.2, 0) is 22.4 Å². The van der Waals surface area contributed by atoms with Crippen molar-refractivity contribution in [3.8, 4) is 0 Å². The predicted molar refractivity (Wildman–Crippen MR) is 91.1 cm³/mol. The van der Waals surface area contributed by atoms with E-state index in [1.807, 2.05) is 13.0 Å². The molecule has 5 nitrogen and oxygen atoms in total. The van der Waals surface area contributed by atoms with E-state index in [2.05, 4.69) is 12.2 Å². The first kappa shape index (κ1) is 16.8. The first-order valence-corrected chi connectivity index (χ1v) is 8.96. The molecular weight excluding hydrogens is 326 g/mol. The van der Waals surface area contributed by atoms with Crippen LogP contribution in [0.4, 0.5) is 0 Å². The van der Waals surface area contributed by atoms with Gasteiger partial charge in [-0.05, 0) is 55.9 Å². The maximum absolute atomic E-state index is 12.2. The molecule has 2 heterocycles. The summed E-state index contributed by atoms with van der Waals surface area (Å²) in [5.74, 6) is 0.546. The molecule has 3 rings (SSSR count). The molecule has 1 amide bonds. The van der Waals surface area contributed by atoms with Gasteiger partial charge in [0, 0.05) is 4.88 Å². The maximum Gasteiger partial charge on any atom is 0.348 e. The number of carbonyl (C=O) groups is 2. The van der Waals surface area contributed by atoms with E-state index in [1.165, 1.54) is 21.8 Å². The Kier molecular flexibility index (Phi) is 5.04. The molecular formula is C18H21NO4S. The number of rotatable bonds is 5. The monoisotopic (exact) mass is 347 g/mol. The molecule has 2 aromatic heterocycles. The number of fused-ring (bicyclic) bond motifs is 1. The quantitative estimate of drug-likeness (QED) is 0.841. The van der Waals surface area contributed by atoms with Crippen molar-refractivity contribution in [1.82, 2.24) is 5.32 Å². The molecule has 128 valence electrons. The highest BCUT2D eigenvalue weighted by Crippen LogP contribution is 2.32. The first-order valence-electron chi connectivity index (χ1n) is 8.14. The van der Waals surface area contributed by atoms with E-state index in [0.29, 0.717) is 16.6 Å². The van der Waals surface area contributed by atoms with E-state index in [-0.39, 0.29) is 18.6 Å². The molecule has 1 aliphatic carbocycles. The van der Waals surface area contributed by atoms with Crippen LogP contribution >= 0.6 is 11.3 Å². The van der Waals surface area contributed by atoms with Gasteiger partial charge in [-0.15, -0.1) is 11.3 Å². The van der Waals surface area contributed by atoms with Crippen LogP contribution in [0.3, 0.4) is 0 Å². The lowest BCUT2D eigenvalue weighted by Crippen LogP contribution is -2.30. The average Bonchev–Trinajstić information content (AvgIpc) is 3.21. The lowest BCUT2D eigenvalue weighted by Gasteiger charge is -2.16. The number of nitrogens with one attached hydrogen (secondary N) is 1. The molecule has 0 aliphatic heterocycles. The van der Waals surface area contributed by atoms with Crippen molar-refractivity contribution in [1.29, 1.82) is 0 Å². The number of ether oxygens (including phenoxy) is 1. The SMILES string of the molecule is C[C@@H]1CCc2sc(C(=O)OCC(=O)N[C@@H](C)c3ccco3)cc2C1. The molecule has 0 radical (unpaired) electrons. The van der Waals surface area contributed by atoms with Crippen molar-refractivity contribution in [2.75, 3.05) is 6.61 Å². The lowest BCUT2D eigenvalue weighted by molar-refractivity contribution is -0.125. The fourth-order valence-corrected chi connectivity index (χ4v) is 4.00. The van der Waals surface area contributed by atoms with Crippen molar-refractivity contribution in [2.45, 2.75) is 39.2 Å². The number of furan rings is 1. The molecule has 6 heteroatoms. The van der Waals surface area contributed by atoms with Gasteiger partial charge in [0.15, 0.2) is 6.61 Å². The van der Waals surface area contributed by atoms with E-state index in [4.69, 9.17) is 9.15 Å². The van der Waals surface area contributed by atoms with Crippen LogP contribution in [0.25, 0.3) is 0 Å². The van der Waals surface area contributed by atoms with Crippen molar-refractivity contribution in [2.24, 2.45) is 5.92 Å². The largest absolute Gasteiger partial charge is 0.467 e. The second kappa shape index (κ2) is 7.21. The van der Waals surface area contributed by atoms with Gasteiger partial charge in [-0.25, -0.2) is 4.79 Å². The molecule has 0 fully saturated rings. The molecule has 0 saturated heterocycles. The minimum atomic E-state index is -0.428. The second-order valence-corrected chi connectivity index (χ2v) is 7.42. The highest BCUT2D eigenvalue weighted by Gasteiger charge is 2.22. The van der Waals surface area contributed by atoms with Gasteiger partial charge >= 0.3 is 5.97 Å². The normalized spacial score (nSPS) is 17.8. The zero-order valence-electron chi connectivity index (χ0n) is 13.8. The van der Waals surface area contributed by atoms with Crippen molar-refractivity contribution in [3.05, 3.63) is 45.5 Å². The van der Waals surface area contributed by atoms with Gasteiger partial charge in [-0.2, -0.15) is 0 Å².